The van der Waals surface area contributed by atoms with E-state index in [0.29, 0.717) is 40.1 Å². The smallest absolute Gasteiger partial charge is 0.288 e. The number of amides is 1. The topological polar surface area (TPSA) is 59.8 Å². The zero-order valence-electron chi connectivity index (χ0n) is 12.3. The maximum absolute atomic E-state index is 12.1. The number of hydrogen-bond acceptors (Lipinski definition) is 3. The van der Waals surface area contributed by atoms with Crippen LogP contribution in [0.3, 0.4) is 0 Å². The van der Waals surface area contributed by atoms with Crippen LogP contribution >= 0.6 is 23.2 Å². The zero-order valence-corrected chi connectivity index (χ0v) is 13.8. The van der Waals surface area contributed by atoms with E-state index in [1.165, 1.54) is 4.68 Å². The second kappa shape index (κ2) is 5.89. The number of halogens is 2. The number of nitrogens with one attached hydrogen (secondary N) is 1. The summed E-state index contributed by atoms with van der Waals surface area (Å²) in [4.78, 5) is 16.2. The molecule has 7 heteroatoms. The van der Waals surface area contributed by atoms with Gasteiger partial charge in [-0.05, 0) is 42.9 Å². The first-order valence-corrected chi connectivity index (χ1v) is 7.82. The molecule has 0 spiro atoms. The minimum Gasteiger partial charge on any atom is -0.349 e. The van der Waals surface area contributed by atoms with Crippen molar-refractivity contribution in [1.29, 1.82) is 0 Å². The molecule has 5 nitrogen and oxygen atoms in total. The summed E-state index contributed by atoms with van der Waals surface area (Å²) in [5.41, 5.74) is 1.10. The van der Waals surface area contributed by atoms with Crippen LogP contribution in [0.2, 0.25) is 10.0 Å². The minimum atomic E-state index is -0.198. The maximum atomic E-state index is 12.1. The van der Waals surface area contributed by atoms with Crippen LogP contribution in [0.15, 0.2) is 18.2 Å². The first-order valence-electron chi connectivity index (χ1n) is 7.06. The first kappa shape index (κ1) is 15.3. The third-order valence-corrected chi connectivity index (χ3v) is 4.44. The van der Waals surface area contributed by atoms with E-state index in [9.17, 15) is 4.79 Å². The molecule has 1 aromatic carbocycles. The van der Waals surface area contributed by atoms with Gasteiger partial charge in [-0.15, -0.1) is 0 Å². The summed E-state index contributed by atoms with van der Waals surface area (Å²) < 4.78 is 1.49. The molecule has 1 N–H and O–H groups in total. The molecule has 2 atom stereocenters. The first-order chi connectivity index (χ1) is 10.5. The van der Waals surface area contributed by atoms with E-state index in [4.69, 9.17) is 23.2 Å². The molecule has 1 aliphatic carbocycles. The Bertz CT molecular complexity index is 728. The lowest BCUT2D eigenvalue weighted by Crippen LogP contribution is -2.28. The van der Waals surface area contributed by atoms with Gasteiger partial charge in [-0.2, -0.15) is 5.10 Å². The van der Waals surface area contributed by atoms with Gasteiger partial charge in [0.1, 0.15) is 5.82 Å². The molecule has 1 aliphatic rings. The third kappa shape index (κ3) is 3.10. The van der Waals surface area contributed by atoms with Crippen molar-refractivity contribution in [3.8, 4) is 0 Å². The number of carbonyl (C=O) groups is 1. The van der Waals surface area contributed by atoms with Gasteiger partial charge in [0.2, 0.25) is 5.82 Å². The number of aromatic nitrogens is 3. The average Bonchev–Trinajstić information content (AvgIpc) is 3.13. The van der Waals surface area contributed by atoms with Gasteiger partial charge in [0.05, 0.1) is 0 Å². The van der Waals surface area contributed by atoms with Crippen LogP contribution in [0.5, 0.6) is 0 Å². The maximum Gasteiger partial charge on any atom is 0.288 e. The normalized spacial score (nSPS) is 20.0. The van der Waals surface area contributed by atoms with Gasteiger partial charge in [0.15, 0.2) is 0 Å². The van der Waals surface area contributed by atoms with Crippen molar-refractivity contribution < 1.29 is 4.79 Å². The minimum absolute atomic E-state index is 0.198. The van der Waals surface area contributed by atoms with E-state index in [-0.39, 0.29) is 5.91 Å². The van der Waals surface area contributed by atoms with Gasteiger partial charge in [-0.25, -0.2) is 9.67 Å². The summed E-state index contributed by atoms with van der Waals surface area (Å²) in [5.74, 6) is 1.50. The third-order valence-electron chi connectivity index (χ3n) is 3.88. The lowest BCUT2D eigenvalue weighted by molar-refractivity contribution is 0.0937. The van der Waals surface area contributed by atoms with Crippen molar-refractivity contribution >= 4 is 29.1 Å². The van der Waals surface area contributed by atoms with Crippen molar-refractivity contribution in [2.45, 2.75) is 19.3 Å². The molecule has 116 valence electrons. The molecule has 1 fully saturated rings. The summed E-state index contributed by atoms with van der Waals surface area (Å²) in [6.07, 6.45) is 1.01. The summed E-state index contributed by atoms with van der Waals surface area (Å²) in [5, 5.41) is 8.31. The van der Waals surface area contributed by atoms with E-state index >= 15 is 0 Å². The summed E-state index contributed by atoms with van der Waals surface area (Å²) in [6.45, 7) is 2.37. The van der Waals surface area contributed by atoms with Crippen molar-refractivity contribution in [2.24, 2.45) is 13.0 Å². The van der Waals surface area contributed by atoms with E-state index in [1.807, 2.05) is 12.1 Å². The standard InChI is InChI=1S/C15H16Cl2N4O/c1-8-19-14(21(2)20-8)15(22)18-7-9-5-12(9)11-4-3-10(16)6-13(11)17/h3-4,6,9,12H,5,7H2,1-2H3,(H,18,22)/t9-,12+/m0/s1. The van der Waals surface area contributed by atoms with Crippen LogP contribution < -0.4 is 5.32 Å². The Balaban J connectivity index is 1.58. The largest absolute Gasteiger partial charge is 0.349 e. The monoisotopic (exact) mass is 338 g/mol. The van der Waals surface area contributed by atoms with E-state index in [0.717, 1.165) is 12.0 Å². The molecular formula is C15H16Cl2N4O. The zero-order chi connectivity index (χ0) is 15.9. The SMILES string of the molecule is Cc1nc(C(=O)NC[C@@H]2C[C@H]2c2ccc(Cl)cc2Cl)n(C)n1. The summed E-state index contributed by atoms with van der Waals surface area (Å²) in [7, 11) is 1.71. The van der Waals surface area contributed by atoms with Gasteiger partial charge in [-0.1, -0.05) is 29.3 Å². The second-order valence-corrected chi connectivity index (χ2v) is 6.43. The molecule has 0 bridgehead atoms. The fraction of sp³-hybridized carbons (Fsp3) is 0.400. The molecule has 0 saturated heterocycles. The highest BCUT2D eigenvalue weighted by Crippen LogP contribution is 2.49. The lowest BCUT2D eigenvalue weighted by atomic mass is 10.1. The Kier molecular flexibility index (Phi) is 4.10. The highest BCUT2D eigenvalue weighted by Gasteiger charge is 2.39. The van der Waals surface area contributed by atoms with Crippen LogP contribution in [0, 0.1) is 12.8 Å². The van der Waals surface area contributed by atoms with Crippen LogP contribution in [-0.2, 0) is 7.05 Å². The Morgan fingerprint density at radius 1 is 1.45 bits per heavy atom. The van der Waals surface area contributed by atoms with Gasteiger partial charge in [0.25, 0.3) is 5.91 Å². The highest BCUT2D eigenvalue weighted by atomic mass is 35.5. The van der Waals surface area contributed by atoms with Crippen molar-refractivity contribution in [2.75, 3.05) is 6.54 Å². The number of benzene rings is 1. The van der Waals surface area contributed by atoms with Crippen LogP contribution in [0.1, 0.15) is 34.3 Å². The quantitative estimate of drug-likeness (QED) is 0.932. The number of aryl methyl sites for hydroxylation is 2. The highest BCUT2D eigenvalue weighted by molar-refractivity contribution is 6.35. The Morgan fingerprint density at radius 3 is 2.86 bits per heavy atom. The van der Waals surface area contributed by atoms with Gasteiger partial charge in [-0.3, -0.25) is 4.79 Å². The van der Waals surface area contributed by atoms with Gasteiger partial charge >= 0.3 is 0 Å². The van der Waals surface area contributed by atoms with Crippen LogP contribution in [0.25, 0.3) is 0 Å². The Morgan fingerprint density at radius 2 is 2.23 bits per heavy atom. The lowest BCUT2D eigenvalue weighted by Gasteiger charge is -2.06. The van der Waals surface area contributed by atoms with E-state index < -0.39 is 0 Å². The molecule has 2 aromatic rings. The van der Waals surface area contributed by atoms with Crippen molar-refractivity contribution in [3.63, 3.8) is 0 Å². The molecular weight excluding hydrogens is 323 g/mol. The van der Waals surface area contributed by atoms with Crippen LogP contribution in [0.4, 0.5) is 0 Å². The van der Waals surface area contributed by atoms with Crippen LogP contribution in [-0.4, -0.2) is 27.2 Å². The number of hydrogen-bond donors (Lipinski definition) is 1. The van der Waals surface area contributed by atoms with Gasteiger partial charge < -0.3 is 5.32 Å². The van der Waals surface area contributed by atoms with E-state index in [2.05, 4.69) is 15.4 Å². The molecule has 1 amide bonds. The molecule has 1 aromatic heterocycles. The summed E-state index contributed by atoms with van der Waals surface area (Å²) in [6, 6.07) is 5.57. The second-order valence-electron chi connectivity index (χ2n) is 5.58. The molecule has 0 radical (unpaired) electrons. The summed E-state index contributed by atoms with van der Waals surface area (Å²) >= 11 is 12.1. The number of carbonyl (C=O) groups excluding carboxylic acids is 1. The average molecular weight is 339 g/mol. The van der Waals surface area contributed by atoms with E-state index in [1.54, 1.807) is 20.0 Å². The predicted molar refractivity (Wildman–Crippen MR) is 85.4 cm³/mol. The molecule has 3 rings (SSSR count). The molecule has 1 heterocycles. The Hall–Kier alpha value is -1.59. The molecule has 0 aliphatic heterocycles. The predicted octanol–water partition coefficient (Wildman–Crippen LogP) is 2.96. The van der Waals surface area contributed by atoms with Crippen molar-refractivity contribution in [1.82, 2.24) is 20.1 Å². The molecule has 0 unspecified atom stereocenters. The molecule has 1 saturated carbocycles. The van der Waals surface area contributed by atoms with Crippen molar-refractivity contribution in [3.05, 3.63) is 45.5 Å². The Labute approximate surface area is 138 Å². The number of nitrogens with zero attached hydrogens (tertiary/aromatic N) is 3. The molecule has 22 heavy (non-hydrogen) atoms. The fourth-order valence-corrected chi connectivity index (χ4v) is 3.22. The fourth-order valence-electron chi connectivity index (χ4n) is 2.67. The van der Waals surface area contributed by atoms with Gasteiger partial charge in [0, 0.05) is 23.6 Å². The number of rotatable bonds is 4.